The lowest BCUT2D eigenvalue weighted by Crippen LogP contribution is -2.34. The van der Waals surface area contributed by atoms with Crippen LogP contribution in [-0.4, -0.2) is 28.9 Å². The van der Waals surface area contributed by atoms with Crippen molar-refractivity contribution in [3.8, 4) is 0 Å². The average Bonchev–Trinajstić information content (AvgIpc) is 2.44. The van der Waals surface area contributed by atoms with E-state index in [0.29, 0.717) is 12.6 Å². The van der Waals surface area contributed by atoms with Crippen LogP contribution >= 0.6 is 0 Å². The van der Waals surface area contributed by atoms with Crippen molar-refractivity contribution >= 4 is 0 Å². The predicted octanol–water partition coefficient (Wildman–Crippen LogP) is 0.516. The van der Waals surface area contributed by atoms with Crippen LogP contribution in [0.4, 0.5) is 0 Å². The second-order valence-electron chi connectivity index (χ2n) is 4.11. The first kappa shape index (κ1) is 12.2. The number of aromatic nitrogens is 2. The first-order valence-electron chi connectivity index (χ1n) is 5.48. The molecule has 4 nitrogen and oxygen atoms in total. The SMILES string of the molecule is Cc1nn(C)c(C)c1CCN[C@@H](C)CN. The highest BCUT2D eigenvalue weighted by atomic mass is 15.3. The summed E-state index contributed by atoms with van der Waals surface area (Å²) < 4.78 is 1.94. The van der Waals surface area contributed by atoms with Gasteiger partial charge in [-0.2, -0.15) is 5.10 Å². The summed E-state index contributed by atoms with van der Waals surface area (Å²) in [6, 6.07) is 0.391. The summed E-state index contributed by atoms with van der Waals surface area (Å²) in [4.78, 5) is 0. The summed E-state index contributed by atoms with van der Waals surface area (Å²) in [6.07, 6.45) is 1.02. The molecule has 0 aromatic carbocycles. The van der Waals surface area contributed by atoms with E-state index in [-0.39, 0.29) is 0 Å². The van der Waals surface area contributed by atoms with E-state index in [1.54, 1.807) is 0 Å². The molecule has 0 aliphatic carbocycles. The molecule has 0 fully saturated rings. The van der Waals surface area contributed by atoms with Crippen molar-refractivity contribution in [1.82, 2.24) is 15.1 Å². The fraction of sp³-hybridized carbons (Fsp3) is 0.727. The number of aryl methyl sites for hydroxylation is 2. The molecule has 1 heterocycles. The van der Waals surface area contributed by atoms with Crippen LogP contribution in [0.2, 0.25) is 0 Å². The van der Waals surface area contributed by atoms with Gasteiger partial charge in [0.2, 0.25) is 0 Å². The van der Waals surface area contributed by atoms with Gasteiger partial charge in [0.15, 0.2) is 0 Å². The lowest BCUT2D eigenvalue weighted by atomic mass is 10.1. The molecule has 0 amide bonds. The molecular formula is C11H22N4. The maximum Gasteiger partial charge on any atom is 0.0628 e. The number of hydrogen-bond acceptors (Lipinski definition) is 3. The Morgan fingerprint density at radius 1 is 1.47 bits per heavy atom. The Hall–Kier alpha value is -0.870. The van der Waals surface area contributed by atoms with Crippen molar-refractivity contribution in [1.29, 1.82) is 0 Å². The van der Waals surface area contributed by atoms with Gasteiger partial charge in [-0.05, 0) is 39.3 Å². The topological polar surface area (TPSA) is 55.9 Å². The van der Waals surface area contributed by atoms with E-state index >= 15 is 0 Å². The largest absolute Gasteiger partial charge is 0.329 e. The zero-order chi connectivity index (χ0) is 11.4. The monoisotopic (exact) mass is 210 g/mol. The molecule has 3 N–H and O–H groups in total. The predicted molar refractivity (Wildman–Crippen MR) is 62.9 cm³/mol. The highest BCUT2D eigenvalue weighted by Crippen LogP contribution is 2.11. The number of rotatable bonds is 5. The van der Waals surface area contributed by atoms with E-state index in [9.17, 15) is 0 Å². The second kappa shape index (κ2) is 5.28. The molecule has 1 rings (SSSR count). The van der Waals surface area contributed by atoms with Crippen LogP contribution in [0.25, 0.3) is 0 Å². The van der Waals surface area contributed by atoms with Gasteiger partial charge in [-0.3, -0.25) is 4.68 Å². The van der Waals surface area contributed by atoms with E-state index in [1.807, 2.05) is 11.7 Å². The van der Waals surface area contributed by atoms with Crippen LogP contribution in [0.15, 0.2) is 0 Å². The molecule has 1 aromatic heterocycles. The van der Waals surface area contributed by atoms with Gasteiger partial charge in [0, 0.05) is 25.3 Å². The number of nitrogens with two attached hydrogens (primary N) is 1. The fourth-order valence-electron chi connectivity index (χ4n) is 1.71. The normalized spacial score (nSPS) is 13.1. The summed E-state index contributed by atoms with van der Waals surface area (Å²) in [5.74, 6) is 0. The van der Waals surface area contributed by atoms with Crippen molar-refractivity contribution in [3.05, 3.63) is 17.0 Å². The highest BCUT2D eigenvalue weighted by Gasteiger charge is 2.08. The molecule has 4 heteroatoms. The van der Waals surface area contributed by atoms with Crippen LogP contribution in [0.5, 0.6) is 0 Å². The molecule has 0 aliphatic heterocycles. The van der Waals surface area contributed by atoms with Gasteiger partial charge < -0.3 is 11.1 Å². The Labute approximate surface area is 91.8 Å². The van der Waals surface area contributed by atoms with Crippen LogP contribution in [0.3, 0.4) is 0 Å². The third kappa shape index (κ3) is 3.04. The number of nitrogens with one attached hydrogen (secondary N) is 1. The molecule has 0 spiro atoms. The van der Waals surface area contributed by atoms with Crippen LogP contribution in [0.1, 0.15) is 23.9 Å². The van der Waals surface area contributed by atoms with E-state index in [0.717, 1.165) is 18.7 Å². The maximum atomic E-state index is 5.54. The summed E-state index contributed by atoms with van der Waals surface area (Å²) in [7, 11) is 1.99. The number of nitrogens with zero attached hydrogens (tertiary/aromatic N) is 2. The summed E-state index contributed by atoms with van der Waals surface area (Å²) in [5, 5.41) is 7.78. The van der Waals surface area contributed by atoms with Crippen molar-refractivity contribution in [3.63, 3.8) is 0 Å². The summed E-state index contributed by atoms with van der Waals surface area (Å²) in [5.41, 5.74) is 9.29. The molecule has 0 aliphatic rings. The maximum absolute atomic E-state index is 5.54. The minimum Gasteiger partial charge on any atom is -0.329 e. The molecule has 0 saturated carbocycles. The fourth-order valence-corrected chi connectivity index (χ4v) is 1.71. The van der Waals surface area contributed by atoms with Crippen LogP contribution < -0.4 is 11.1 Å². The Morgan fingerprint density at radius 3 is 2.60 bits per heavy atom. The van der Waals surface area contributed by atoms with Crippen molar-refractivity contribution < 1.29 is 0 Å². The Morgan fingerprint density at radius 2 is 2.13 bits per heavy atom. The molecule has 0 radical (unpaired) electrons. The lowest BCUT2D eigenvalue weighted by molar-refractivity contribution is 0.558. The zero-order valence-electron chi connectivity index (χ0n) is 10.2. The van der Waals surface area contributed by atoms with E-state index in [4.69, 9.17) is 5.73 Å². The smallest absolute Gasteiger partial charge is 0.0628 e. The number of hydrogen-bond donors (Lipinski definition) is 2. The first-order chi connectivity index (χ1) is 7.06. The minimum atomic E-state index is 0.391. The molecule has 15 heavy (non-hydrogen) atoms. The van der Waals surface area contributed by atoms with Crippen molar-refractivity contribution in [2.45, 2.75) is 33.2 Å². The van der Waals surface area contributed by atoms with Gasteiger partial charge in [0.1, 0.15) is 0 Å². The van der Waals surface area contributed by atoms with Gasteiger partial charge in [-0.15, -0.1) is 0 Å². The van der Waals surface area contributed by atoms with Crippen molar-refractivity contribution in [2.75, 3.05) is 13.1 Å². The highest BCUT2D eigenvalue weighted by molar-refractivity contribution is 5.24. The van der Waals surface area contributed by atoms with Crippen molar-refractivity contribution in [2.24, 2.45) is 12.8 Å². The van der Waals surface area contributed by atoms with E-state index < -0.39 is 0 Å². The third-order valence-corrected chi connectivity index (χ3v) is 2.88. The Kier molecular flexibility index (Phi) is 4.29. The van der Waals surface area contributed by atoms with Gasteiger partial charge in [0.05, 0.1) is 5.69 Å². The standard InChI is InChI=1S/C11H22N4/c1-8(7-12)13-6-5-11-9(2)14-15(4)10(11)3/h8,13H,5-7,12H2,1-4H3/t8-/m0/s1. The molecule has 1 aromatic rings. The third-order valence-electron chi connectivity index (χ3n) is 2.88. The molecular weight excluding hydrogens is 188 g/mol. The zero-order valence-corrected chi connectivity index (χ0v) is 10.2. The summed E-state index contributed by atoms with van der Waals surface area (Å²) in [6.45, 7) is 7.93. The second-order valence-corrected chi connectivity index (χ2v) is 4.11. The molecule has 0 unspecified atom stereocenters. The molecule has 1 atom stereocenters. The minimum absolute atomic E-state index is 0.391. The Balaban J connectivity index is 2.50. The lowest BCUT2D eigenvalue weighted by Gasteiger charge is -2.10. The molecule has 0 bridgehead atoms. The van der Waals surface area contributed by atoms with Gasteiger partial charge in [0.25, 0.3) is 0 Å². The van der Waals surface area contributed by atoms with Crippen LogP contribution in [0, 0.1) is 13.8 Å². The van der Waals surface area contributed by atoms with Crippen LogP contribution in [-0.2, 0) is 13.5 Å². The first-order valence-corrected chi connectivity index (χ1v) is 5.48. The molecule has 0 saturated heterocycles. The Bertz CT molecular complexity index is 317. The summed E-state index contributed by atoms with van der Waals surface area (Å²) >= 11 is 0. The quantitative estimate of drug-likeness (QED) is 0.745. The van der Waals surface area contributed by atoms with E-state index in [2.05, 4.69) is 31.2 Å². The molecule has 86 valence electrons. The van der Waals surface area contributed by atoms with Gasteiger partial charge in [-0.1, -0.05) is 0 Å². The van der Waals surface area contributed by atoms with Gasteiger partial charge in [-0.25, -0.2) is 0 Å². The average molecular weight is 210 g/mol. The van der Waals surface area contributed by atoms with E-state index in [1.165, 1.54) is 11.3 Å². The van der Waals surface area contributed by atoms with Gasteiger partial charge >= 0.3 is 0 Å².